The Labute approximate surface area is 143 Å². The number of hydrogen-bond donors (Lipinski definition) is 1. The Morgan fingerprint density at radius 1 is 1.04 bits per heavy atom. The van der Waals surface area contributed by atoms with Crippen molar-refractivity contribution in [1.29, 1.82) is 0 Å². The van der Waals surface area contributed by atoms with Crippen molar-refractivity contribution in [1.82, 2.24) is 0 Å². The van der Waals surface area contributed by atoms with Crippen molar-refractivity contribution in [2.45, 2.75) is 38.5 Å². The Morgan fingerprint density at radius 3 is 2.25 bits per heavy atom. The van der Waals surface area contributed by atoms with Gasteiger partial charge in [0.2, 0.25) is 5.91 Å². The molecule has 4 nitrogen and oxygen atoms in total. The second-order valence-corrected chi connectivity index (χ2v) is 8.30. The van der Waals surface area contributed by atoms with Gasteiger partial charge in [-0.05, 0) is 43.0 Å². The van der Waals surface area contributed by atoms with E-state index < -0.39 is 21.5 Å². The lowest BCUT2D eigenvalue weighted by atomic mass is 9.98. The van der Waals surface area contributed by atoms with Crippen molar-refractivity contribution in [3.63, 3.8) is 0 Å². The molecule has 0 aliphatic heterocycles. The maximum Gasteiger partial charge on any atom is 0.239 e. The van der Waals surface area contributed by atoms with Crippen LogP contribution in [-0.2, 0) is 14.6 Å². The predicted octanol–water partition coefficient (Wildman–Crippen LogP) is 3.84. The molecule has 2 rings (SSSR count). The second-order valence-electron chi connectivity index (χ2n) is 6.31. The van der Waals surface area contributed by atoms with Crippen LogP contribution in [0, 0.1) is 13.8 Å². The van der Waals surface area contributed by atoms with Gasteiger partial charge < -0.3 is 5.32 Å². The van der Waals surface area contributed by atoms with Gasteiger partial charge in [-0.15, -0.1) is 0 Å². The number of carbonyl (C=O) groups is 1. The molecule has 0 unspecified atom stereocenters. The van der Waals surface area contributed by atoms with E-state index in [0.29, 0.717) is 5.69 Å². The highest BCUT2D eigenvalue weighted by Crippen LogP contribution is 2.27. The quantitative estimate of drug-likeness (QED) is 0.895. The Hall–Kier alpha value is -2.14. The van der Waals surface area contributed by atoms with Gasteiger partial charge in [-0.1, -0.05) is 49.7 Å². The Kier molecular flexibility index (Phi) is 5.44. The fourth-order valence-electron chi connectivity index (χ4n) is 2.52. The number of carbonyl (C=O) groups excluding carboxylic acids is 1. The van der Waals surface area contributed by atoms with Gasteiger partial charge in [-0.3, -0.25) is 4.79 Å². The SMILES string of the molecule is Cc1ccc(S(=O)(=O)CC(=O)Nc2c(C)cccc2C(C)C)cc1. The number of rotatable bonds is 5. The number of anilines is 1. The first-order chi connectivity index (χ1) is 11.2. The molecule has 2 aromatic carbocycles. The van der Waals surface area contributed by atoms with Gasteiger partial charge in [0.15, 0.2) is 9.84 Å². The largest absolute Gasteiger partial charge is 0.325 e. The molecule has 0 aromatic heterocycles. The minimum atomic E-state index is -3.65. The first kappa shape index (κ1) is 18.2. The predicted molar refractivity (Wildman–Crippen MR) is 97.1 cm³/mol. The molecule has 0 saturated heterocycles. The average Bonchev–Trinajstić information content (AvgIpc) is 2.49. The topological polar surface area (TPSA) is 63.2 Å². The molecule has 5 heteroatoms. The van der Waals surface area contributed by atoms with E-state index in [1.165, 1.54) is 12.1 Å². The molecule has 0 aliphatic carbocycles. The number of aryl methyl sites for hydroxylation is 2. The van der Waals surface area contributed by atoms with Gasteiger partial charge in [0.05, 0.1) is 4.90 Å². The van der Waals surface area contributed by atoms with Crippen molar-refractivity contribution in [2.75, 3.05) is 11.1 Å². The Bertz CT molecular complexity index is 837. The molecular formula is C19H23NO3S. The molecule has 2 aromatic rings. The highest BCUT2D eigenvalue weighted by atomic mass is 32.2. The summed E-state index contributed by atoms with van der Waals surface area (Å²) in [4.78, 5) is 12.5. The third-order valence-corrected chi connectivity index (χ3v) is 5.53. The number of sulfone groups is 1. The maximum atomic E-state index is 12.4. The maximum absolute atomic E-state index is 12.4. The van der Waals surface area contributed by atoms with Crippen molar-refractivity contribution < 1.29 is 13.2 Å². The number of benzene rings is 2. The van der Waals surface area contributed by atoms with Crippen molar-refractivity contribution in [2.24, 2.45) is 0 Å². The van der Waals surface area contributed by atoms with E-state index in [-0.39, 0.29) is 10.8 Å². The molecule has 0 aliphatic rings. The Balaban J connectivity index is 2.21. The summed E-state index contributed by atoms with van der Waals surface area (Å²) in [7, 11) is -3.65. The van der Waals surface area contributed by atoms with E-state index in [0.717, 1.165) is 16.7 Å². The van der Waals surface area contributed by atoms with Gasteiger partial charge >= 0.3 is 0 Å². The first-order valence-electron chi connectivity index (χ1n) is 7.89. The van der Waals surface area contributed by atoms with Crippen LogP contribution in [-0.4, -0.2) is 20.1 Å². The summed E-state index contributed by atoms with van der Waals surface area (Å²) >= 11 is 0. The summed E-state index contributed by atoms with van der Waals surface area (Å²) in [5, 5.41) is 2.78. The van der Waals surface area contributed by atoms with E-state index in [1.807, 2.05) is 45.9 Å². The minimum absolute atomic E-state index is 0.164. The second kappa shape index (κ2) is 7.18. The minimum Gasteiger partial charge on any atom is -0.325 e. The molecule has 128 valence electrons. The summed E-state index contributed by atoms with van der Waals surface area (Å²) < 4.78 is 24.8. The van der Waals surface area contributed by atoms with Crippen LogP contribution in [0.4, 0.5) is 5.69 Å². The molecule has 0 fully saturated rings. The van der Waals surface area contributed by atoms with Crippen LogP contribution in [0.2, 0.25) is 0 Å². The van der Waals surface area contributed by atoms with Gasteiger partial charge in [0, 0.05) is 5.69 Å². The lowest BCUT2D eigenvalue weighted by molar-refractivity contribution is -0.113. The lowest BCUT2D eigenvalue weighted by Gasteiger charge is -2.16. The number of nitrogens with one attached hydrogen (secondary N) is 1. The highest BCUT2D eigenvalue weighted by molar-refractivity contribution is 7.92. The highest BCUT2D eigenvalue weighted by Gasteiger charge is 2.21. The zero-order valence-electron chi connectivity index (χ0n) is 14.5. The summed E-state index contributed by atoms with van der Waals surface area (Å²) in [5.74, 6) is -0.859. The van der Waals surface area contributed by atoms with Gasteiger partial charge in [-0.25, -0.2) is 8.42 Å². The molecule has 0 radical (unpaired) electrons. The number of para-hydroxylation sites is 1. The first-order valence-corrected chi connectivity index (χ1v) is 9.54. The molecule has 0 atom stereocenters. The molecule has 0 spiro atoms. The van der Waals surface area contributed by atoms with Crippen molar-refractivity contribution in [3.05, 3.63) is 59.2 Å². The van der Waals surface area contributed by atoms with Gasteiger partial charge in [-0.2, -0.15) is 0 Å². The summed E-state index contributed by atoms with van der Waals surface area (Å²) in [6.45, 7) is 7.85. The zero-order valence-corrected chi connectivity index (χ0v) is 15.3. The van der Waals surface area contributed by atoms with Crippen LogP contribution in [0.3, 0.4) is 0 Å². The van der Waals surface area contributed by atoms with Crippen LogP contribution in [0.5, 0.6) is 0 Å². The number of hydrogen-bond acceptors (Lipinski definition) is 3. The van der Waals surface area contributed by atoms with Crippen molar-refractivity contribution in [3.8, 4) is 0 Å². The average molecular weight is 345 g/mol. The van der Waals surface area contributed by atoms with E-state index in [1.54, 1.807) is 12.1 Å². The molecule has 1 N–H and O–H groups in total. The fraction of sp³-hybridized carbons (Fsp3) is 0.316. The van der Waals surface area contributed by atoms with E-state index in [2.05, 4.69) is 5.32 Å². The van der Waals surface area contributed by atoms with E-state index >= 15 is 0 Å². The monoisotopic (exact) mass is 345 g/mol. The molecule has 24 heavy (non-hydrogen) atoms. The Morgan fingerprint density at radius 2 is 1.67 bits per heavy atom. The molecule has 1 amide bonds. The van der Waals surface area contributed by atoms with Crippen molar-refractivity contribution >= 4 is 21.4 Å². The lowest BCUT2D eigenvalue weighted by Crippen LogP contribution is -2.24. The van der Waals surface area contributed by atoms with Crippen LogP contribution in [0.1, 0.15) is 36.5 Å². The molecule has 0 bridgehead atoms. The van der Waals surface area contributed by atoms with Gasteiger partial charge in [0.1, 0.15) is 5.75 Å². The zero-order chi connectivity index (χ0) is 17.9. The van der Waals surface area contributed by atoms with Crippen LogP contribution in [0.25, 0.3) is 0 Å². The van der Waals surface area contributed by atoms with E-state index in [4.69, 9.17) is 0 Å². The third-order valence-electron chi connectivity index (χ3n) is 3.89. The van der Waals surface area contributed by atoms with E-state index in [9.17, 15) is 13.2 Å². The summed E-state index contributed by atoms with van der Waals surface area (Å²) in [5.41, 5.74) is 3.59. The summed E-state index contributed by atoms with van der Waals surface area (Å²) in [6.07, 6.45) is 0. The summed E-state index contributed by atoms with van der Waals surface area (Å²) in [6, 6.07) is 12.3. The van der Waals surface area contributed by atoms with Crippen LogP contribution >= 0.6 is 0 Å². The normalized spacial score (nSPS) is 11.5. The van der Waals surface area contributed by atoms with Gasteiger partial charge in [0.25, 0.3) is 0 Å². The third kappa shape index (κ3) is 4.23. The smallest absolute Gasteiger partial charge is 0.239 e. The molecular weight excluding hydrogens is 322 g/mol. The fourth-order valence-corrected chi connectivity index (χ4v) is 3.65. The molecule has 0 heterocycles. The number of amides is 1. The standard InChI is InChI=1S/C19H23NO3S/c1-13(2)17-7-5-6-15(4)19(17)20-18(21)12-24(22,23)16-10-8-14(3)9-11-16/h5-11,13H,12H2,1-4H3,(H,20,21). The van der Waals surface area contributed by atoms with Crippen LogP contribution in [0.15, 0.2) is 47.4 Å². The molecule has 0 saturated carbocycles. The van der Waals surface area contributed by atoms with Crippen LogP contribution < -0.4 is 5.32 Å².